The molecule has 156 valence electrons. The average molecular weight is 406 g/mol. The van der Waals surface area contributed by atoms with E-state index in [9.17, 15) is 0 Å². The molecule has 1 unspecified atom stereocenters. The first-order valence-electron chi connectivity index (χ1n) is 9.86. The largest absolute Gasteiger partial charge is 0.493 e. The number of hydrogen-bond acceptors (Lipinski definition) is 5. The van der Waals surface area contributed by atoms with Crippen LogP contribution in [-0.2, 0) is 6.42 Å². The van der Waals surface area contributed by atoms with Crippen molar-refractivity contribution < 1.29 is 14.2 Å². The molecule has 0 spiro atoms. The number of rotatable bonds is 8. The molecule has 0 aliphatic carbocycles. The second-order valence-electron chi connectivity index (χ2n) is 7.10. The van der Waals surface area contributed by atoms with Crippen molar-refractivity contribution in [2.45, 2.75) is 39.7 Å². The van der Waals surface area contributed by atoms with Crippen molar-refractivity contribution in [2.24, 2.45) is 5.11 Å². The number of ether oxygens (including phenoxy) is 3. The van der Waals surface area contributed by atoms with Crippen LogP contribution in [0.25, 0.3) is 21.2 Å². The van der Waals surface area contributed by atoms with Crippen LogP contribution in [-0.4, -0.2) is 25.3 Å². The fourth-order valence-corrected chi connectivity index (χ4v) is 3.37. The Labute approximate surface area is 176 Å². The number of benzene rings is 2. The zero-order valence-electron chi connectivity index (χ0n) is 18.0. The Morgan fingerprint density at radius 2 is 1.80 bits per heavy atom. The molecular weight excluding hydrogens is 380 g/mol. The molecule has 0 bridgehead atoms. The summed E-state index contributed by atoms with van der Waals surface area (Å²) in [5.41, 5.74) is 12.1. The molecule has 3 aromatic rings. The molecule has 1 heterocycles. The number of hydrogen-bond donors (Lipinski definition) is 0. The first-order chi connectivity index (χ1) is 14.5. The zero-order chi connectivity index (χ0) is 21.7. The fraction of sp³-hybridized carbons (Fsp3) is 0.348. The van der Waals surface area contributed by atoms with Crippen LogP contribution in [0, 0.1) is 6.92 Å². The lowest BCUT2D eigenvalue weighted by Gasteiger charge is -2.16. The van der Waals surface area contributed by atoms with E-state index in [0.29, 0.717) is 29.3 Å². The smallest absolute Gasteiger partial charge is 0.161 e. The van der Waals surface area contributed by atoms with Crippen LogP contribution >= 0.6 is 0 Å². The topological polar surface area (TPSA) is 89.3 Å². The lowest BCUT2D eigenvalue weighted by atomic mass is 10.0. The summed E-state index contributed by atoms with van der Waals surface area (Å²) < 4.78 is 16.9. The van der Waals surface area contributed by atoms with E-state index in [0.717, 1.165) is 34.2 Å². The van der Waals surface area contributed by atoms with E-state index in [1.165, 1.54) is 0 Å². The predicted octanol–water partition coefficient (Wildman–Crippen LogP) is 6.27. The standard InChI is InChI=1S/C23H26N4O3/c1-6-14(2)30-17-9-7-8-16(10-17)11-20-18-12-21(28-4)22(29-5)13-19(18)23(26-27-24)15(3)25-20/h7-10,12-14H,6,11H2,1-5H3. The van der Waals surface area contributed by atoms with E-state index in [4.69, 9.17) is 24.7 Å². The first-order valence-corrected chi connectivity index (χ1v) is 9.86. The normalized spacial score (nSPS) is 11.6. The Morgan fingerprint density at radius 1 is 1.10 bits per heavy atom. The molecule has 0 aliphatic rings. The quantitative estimate of drug-likeness (QED) is 0.250. The summed E-state index contributed by atoms with van der Waals surface area (Å²) in [6.45, 7) is 5.99. The number of azide groups is 1. The SMILES string of the molecule is CCC(C)Oc1cccc(Cc2nc(C)c(N=[N+]=[N-])c3cc(OC)c(OC)cc23)c1. The van der Waals surface area contributed by atoms with Crippen molar-refractivity contribution in [1.82, 2.24) is 4.98 Å². The van der Waals surface area contributed by atoms with Gasteiger partial charge < -0.3 is 14.2 Å². The molecule has 0 N–H and O–H groups in total. The summed E-state index contributed by atoms with van der Waals surface area (Å²) in [4.78, 5) is 7.72. The van der Waals surface area contributed by atoms with Crippen LogP contribution in [0.5, 0.6) is 17.2 Å². The highest BCUT2D eigenvalue weighted by Crippen LogP contribution is 2.39. The number of pyridine rings is 1. The molecule has 0 fully saturated rings. The van der Waals surface area contributed by atoms with Gasteiger partial charge in [-0.25, -0.2) is 0 Å². The summed E-state index contributed by atoms with van der Waals surface area (Å²) in [7, 11) is 3.17. The second kappa shape index (κ2) is 9.37. The van der Waals surface area contributed by atoms with Gasteiger partial charge in [-0.2, -0.15) is 0 Å². The molecule has 1 aromatic heterocycles. The van der Waals surface area contributed by atoms with Gasteiger partial charge in [-0.05, 0) is 61.0 Å². The van der Waals surface area contributed by atoms with Crippen molar-refractivity contribution in [3.05, 3.63) is 63.8 Å². The Bertz CT molecular complexity index is 1110. The molecule has 7 nitrogen and oxygen atoms in total. The van der Waals surface area contributed by atoms with Crippen LogP contribution in [0.15, 0.2) is 41.5 Å². The highest BCUT2D eigenvalue weighted by molar-refractivity contribution is 5.97. The number of nitrogens with zero attached hydrogens (tertiary/aromatic N) is 4. The third-order valence-corrected chi connectivity index (χ3v) is 5.06. The minimum absolute atomic E-state index is 0.154. The van der Waals surface area contributed by atoms with Gasteiger partial charge in [-0.1, -0.05) is 24.2 Å². The van der Waals surface area contributed by atoms with Crippen LogP contribution in [0.4, 0.5) is 5.69 Å². The van der Waals surface area contributed by atoms with E-state index in [1.807, 2.05) is 37.3 Å². The lowest BCUT2D eigenvalue weighted by molar-refractivity contribution is 0.217. The summed E-state index contributed by atoms with van der Waals surface area (Å²) in [6, 6.07) is 11.8. The van der Waals surface area contributed by atoms with Crippen LogP contribution in [0.1, 0.15) is 37.2 Å². The Hall–Kier alpha value is -3.44. The average Bonchev–Trinajstić information content (AvgIpc) is 2.75. The van der Waals surface area contributed by atoms with Crippen molar-refractivity contribution in [3.63, 3.8) is 0 Å². The summed E-state index contributed by atoms with van der Waals surface area (Å²) >= 11 is 0. The van der Waals surface area contributed by atoms with E-state index in [1.54, 1.807) is 14.2 Å². The number of aryl methyl sites for hydroxylation is 1. The minimum Gasteiger partial charge on any atom is -0.493 e. The van der Waals surface area contributed by atoms with Crippen LogP contribution < -0.4 is 14.2 Å². The Balaban J connectivity index is 2.13. The number of fused-ring (bicyclic) bond motifs is 1. The van der Waals surface area contributed by atoms with Gasteiger partial charge in [0, 0.05) is 22.4 Å². The molecule has 30 heavy (non-hydrogen) atoms. The van der Waals surface area contributed by atoms with E-state index in [-0.39, 0.29) is 6.10 Å². The third kappa shape index (κ3) is 4.42. The Kier molecular flexibility index (Phi) is 6.65. The molecule has 0 saturated carbocycles. The zero-order valence-corrected chi connectivity index (χ0v) is 18.0. The lowest BCUT2D eigenvalue weighted by Crippen LogP contribution is -2.09. The predicted molar refractivity (Wildman–Crippen MR) is 118 cm³/mol. The van der Waals surface area contributed by atoms with Gasteiger partial charge in [-0.3, -0.25) is 4.98 Å². The van der Waals surface area contributed by atoms with Crippen molar-refractivity contribution >= 4 is 16.5 Å². The van der Waals surface area contributed by atoms with Crippen molar-refractivity contribution in [1.29, 1.82) is 0 Å². The van der Waals surface area contributed by atoms with Gasteiger partial charge in [0.15, 0.2) is 11.5 Å². The molecule has 1 atom stereocenters. The first kappa shape index (κ1) is 21.3. The van der Waals surface area contributed by atoms with Crippen LogP contribution in [0.2, 0.25) is 0 Å². The summed E-state index contributed by atoms with van der Waals surface area (Å²) in [5, 5.41) is 5.50. The molecule has 2 aromatic carbocycles. The van der Waals surface area contributed by atoms with Crippen molar-refractivity contribution in [2.75, 3.05) is 14.2 Å². The highest BCUT2D eigenvalue weighted by Gasteiger charge is 2.16. The monoisotopic (exact) mass is 406 g/mol. The number of methoxy groups -OCH3 is 2. The summed E-state index contributed by atoms with van der Waals surface area (Å²) in [6.07, 6.45) is 1.69. The van der Waals surface area contributed by atoms with Crippen molar-refractivity contribution in [3.8, 4) is 17.2 Å². The van der Waals surface area contributed by atoms with Gasteiger partial charge in [0.1, 0.15) is 5.75 Å². The Morgan fingerprint density at radius 3 is 2.43 bits per heavy atom. The van der Waals surface area contributed by atoms with E-state index < -0.39 is 0 Å². The molecule has 7 heteroatoms. The van der Waals surface area contributed by atoms with Crippen LogP contribution in [0.3, 0.4) is 0 Å². The fourth-order valence-electron chi connectivity index (χ4n) is 3.37. The maximum absolute atomic E-state index is 9.02. The minimum atomic E-state index is 0.154. The van der Waals surface area contributed by atoms with Gasteiger partial charge in [-0.15, -0.1) is 0 Å². The molecule has 0 saturated heterocycles. The van der Waals surface area contributed by atoms with E-state index >= 15 is 0 Å². The third-order valence-electron chi connectivity index (χ3n) is 5.06. The molecule has 0 aliphatic heterocycles. The van der Waals surface area contributed by atoms with Gasteiger partial charge >= 0.3 is 0 Å². The highest BCUT2D eigenvalue weighted by atomic mass is 16.5. The second-order valence-corrected chi connectivity index (χ2v) is 7.10. The maximum atomic E-state index is 9.02. The van der Waals surface area contributed by atoms with E-state index in [2.05, 4.69) is 29.9 Å². The molecular formula is C23H26N4O3. The molecule has 0 radical (unpaired) electrons. The van der Waals surface area contributed by atoms with Gasteiger partial charge in [0.2, 0.25) is 0 Å². The maximum Gasteiger partial charge on any atom is 0.161 e. The molecule has 3 rings (SSSR count). The van der Waals surface area contributed by atoms with Gasteiger partial charge in [0.25, 0.3) is 0 Å². The van der Waals surface area contributed by atoms with Gasteiger partial charge in [0.05, 0.1) is 31.7 Å². The summed E-state index contributed by atoms with van der Waals surface area (Å²) in [5.74, 6) is 2.00. The number of aromatic nitrogens is 1. The molecule has 0 amide bonds.